The molecule has 1 saturated carbocycles. The number of carbonyl (C=O) groups excluding carboxylic acids is 1. The summed E-state index contributed by atoms with van der Waals surface area (Å²) >= 11 is 0. The first-order valence-corrected chi connectivity index (χ1v) is 7.18. The van der Waals surface area contributed by atoms with Gasteiger partial charge >= 0.3 is 0 Å². The van der Waals surface area contributed by atoms with Gasteiger partial charge in [0.15, 0.2) is 0 Å². The molecule has 3 N–H and O–H groups in total. The highest BCUT2D eigenvalue weighted by Crippen LogP contribution is 2.31. The van der Waals surface area contributed by atoms with Crippen LogP contribution in [0, 0.1) is 11.8 Å². The Hall–Kier alpha value is -1.51. The van der Waals surface area contributed by atoms with Crippen LogP contribution in [-0.4, -0.2) is 11.9 Å². The van der Waals surface area contributed by atoms with Gasteiger partial charge in [-0.15, -0.1) is 0 Å². The van der Waals surface area contributed by atoms with E-state index in [0.717, 1.165) is 23.1 Å². The summed E-state index contributed by atoms with van der Waals surface area (Å²) in [7, 11) is 0. The molecule has 0 heterocycles. The predicted molar refractivity (Wildman–Crippen MR) is 78.9 cm³/mol. The Balaban J connectivity index is 1.91. The molecular weight excluding hydrogens is 236 g/mol. The molecule has 3 nitrogen and oxygen atoms in total. The zero-order chi connectivity index (χ0) is 13.8. The average molecular weight is 260 g/mol. The van der Waals surface area contributed by atoms with Gasteiger partial charge in [-0.05, 0) is 48.8 Å². The van der Waals surface area contributed by atoms with Gasteiger partial charge < -0.3 is 11.1 Å². The zero-order valence-electron chi connectivity index (χ0n) is 11.9. The van der Waals surface area contributed by atoms with E-state index in [4.69, 9.17) is 5.73 Å². The second-order valence-electron chi connectivity index (χ2n) is 5.95. The van der Waals surface area contributed by atoms with Crippen LogP contribution in [0.15, 0.2) is 24.3 Å². The lowest BCUT2D eigenvalue weighted by atomic mass is 9.79. The van der Waals surface area contributed by atoms with Crippen LogP contribution < -0.4 is 11.1 Å². The van der Waals surface area contributed by atoms with E-state index in [1.54, 1.807) is 0 Å². The number of benzene rings is 1. The number of nitrogens with one attached hydrogen (secondary N) is 1. The molecule has 3 atom stereocenters. The summed E-state index contributed by atoms with van der Waals surface area (Å²) in [6.45, 7) is 4.69. The number of amides is 1. The van der Waals surface area contributed by atoms with Gasteiger partial charge in [0.1, 0.15) is 0 Å². The molecule has 1 fully saturated rings. The molecule has 3 unspecified atom stereocenters. The van der Waals surface area contributed by atoms with E-state index in [1.165, 1.54) is 19.3 Å². The van der Waals surface area contributed by atoms with Crippen molar-refractivity contribution in [2.75, 3.05) is 5.32 Å². The van der Waals surface area contributed by atoms with Crippen molar-refractivity contribution < 1.29 is 4.79 Å². The van der Waals surface area contributed by atoms with E-state index in [2.05, 4.69) is 19.2 Å². The van der Waals surface area contributed by atoms with Crippen LogP contribution in [0.3, 0.4) is 0 Å². The highest BCUT2D eigenvalue weighted by atomic mass is 16.1. The minimum absolute atomic E-state index is 0.282. The molecule has 0 spiro atoms. The molecule has 3 heteroatoms. The minimum atomic E-state index is -0.282. The Labute approximate surface area is 115 Å². The SMILES string of the molecule is CC1CCC(Nc2ccc(CC(N)=O)cc2)CC1C. The summed E-state index contributed by atoms with van der Waals surface area (Å²) in [6.07, 6.45) is 4.11. The van der Waals surface area contributed by atoms with Gasteiger partial charge in [0.05, 0.1) is 6.42 Å². The first-order valence-electron chi connectivity index (χ1n) is 7.18. The molecule has 1 aromatic carbocycles. The standard InChI is InChI=1S/C16H24N2O/c1-11-3-6-15(9-12(11)2)18-14-7-4-13(5-8-14)10-16(17)19/h4-5,7-8,11-12,15,18H,3,6,9-10H2,1-2H3,(H2,17,19). The molecule has 1 amide bonds. The normalized spacial score (nSPS) is 26.9. The van der Waals surface area contributed by atoms with Crippen molar-refractivity contribution in [3.8, 4) is 0 Å². The zero-order valence-corrected chi connectivity index (χ0v) is 11.9. The summed E-state index contributed by atoms with van der Waals surface area (Å²) in [5.41, 5.74) is 7.30. The smallest absolute Gasteiger partial charge is 0.221 e. The lowest BCUT2D eigenvalue weighted by Gasteiger charge is -2.33. The summed E-state index contributed by atoms with van der Waals surface area (Å²) in [6, 6.07) is 8.61. The number of nitrogens with two attached hydrogens (primary N) is 1. The third-order valence-electron chi connectivity index (χ3n) is 4.30. The fourth-order valence-corrected chi connectivity index (χ4v) is 2.83. The van der Waals surface area contributed by atoms with Crippen LogP contribution in [0.5, 0.6) is 0 Å². The monoisotopic (exact) mass is 260 g/mol. The van der Waals surface area contributed by atoms with Crippen LogP contribution in [0.2, 0.25) is 0 Å². The van der Waals surface area contributed by atoms with Crippen LogP contribution in [0.4, 0.5) is 5.69 Å². The third kappa shape index (κ3) is 3.98. The Morgan fingerprint density at radius 1 is 1.21 bits per heavy atom. The molecule has 0 aliphatic heterocycles. The molecule has 0 bridgehead atoms. The third-order valence-corrected chi connectivity index (χ3v) is 4.30. The fraction of sp³-hybridized carbons (Fsp3) is 0.562. The molecule has 0 saturated heterocycles. The second kappa shape index (κ2) is 6.09. The Morgan fingerprint density at radius 2 is 1.89 bits per heavy atom. The van der Waals surface area contributed by atoms with E-state index in [9.17, 15) is 4.79 Å². The average Bonchev–Trinajstić information content (AvgIpc) is 2.36. The molecule has 19 heavy (non-hydrogen) atoms. The Kier molecular flexibility index (Phi) is 4.46. The van der Waals surface area contributed by atoms with Crippen LogP contribution in [-0.2, 0) is 11.2 Å². The highest BCUT2D eigenvalue weighted by Gasteiger charge is 2.24. The predicted octanol–water partition coefficient (Wildman–Crippen LogP) is 2.95. The summed E-state index contributed by atoms with van der Waals surface area (Å²) < 4.78 is 0. The van der Waals surface area contributed by atoms with E-state index in [0.29, 0.717) is 12.5 Å². The number of anilines is 1. The number of carbonyl (C=O) groups is 1. The fourth-order valence-electron chi connectivity index (χ4n) is 2.83. The number of hydrogen-bond acceptors (Lipinski definition) is 2. The summed E-state index contributed by atoms with van der Waals surface area (Å²) in [5.74, 6) is 1.35. The molecule has 0 radical (unpaired) electrons. The molecule has 2 rings (SSSR count). The molecule has 104 valence electrons. The number of primary amides is 1. The quantitative estimate of drug-likeness (QED) is 0.874. The van der Waals surface area contributed by atoms with Crippen LogP contribution in [0.25, 0.3) is 0 Å². The summed E-state index contributed by atoms with van der Waals surface area (Å²) in [4.78, 5) is 10.8. The maximum atomic E-state index is 10.8. The topological polar surface area (TPSA) is 55.1 Å². The van der Waals surface area contributed by atoms with Gasteiger partial charge in [-0.3, -0.25) is 4.79 Å². The molecule has 1 aromatic rings. The van der Waals surface area contributed by atoms with Crippen molar-refractivity contribution >= 4 is 11.6 Å². The molecule has 1 aliphatic rings. The van der Waals surface area contributed by atoms with Crippen molar-refractivity contribution in [1.29, 1.82) is 0 Å². The lowest BCUT2D eigenvalue weighted by molar-refractivity contribution is -0.117. The van der Waals surface area contributed by atoms with Gasteiger partial charge in [-0.2, -0.15) is 0 Å². The molecule has 0 aromatic heterocycles. The Morgan fingerprint density at radius 3 is 2.47 bits per heavy atom. The van der Waals surface area contributed by atoms with Crippen LogP contribution >= 0.6 is 0 Å². The largest absolute Gasteiger partial charge is 0.382 e. The molecule has 1 aliphatic carbocycles. The van der Waals surface area contributed by atoms with Gasteiger partial charge in [0, 0.05) is 11.7 Å². The lowest BCUT2D eigenvalue weighted by Crippen LogP contribution is -2.30. The van der Waals surface area contributed by atoms with E-state index in [-0.39, 0.29) is 5.91 Å². The van der Waals surface area contributed by atoms with Gasteiger partial charge in [-0.25, -0.2) is 0 Å². The van der Waals surface area contributed by atoms with Crippen molar-refractivity contribution in [3.05, 3.63) is 29.8 Å². The van der Waals surface area contributed by atoms with Crippen molar-refractivity contribution in [2.45, 2.75) is 45.6 Å². The Bertz CT molecular complexity index is 427. The van der Waals surface area contributed by atoms with E-state index < -0.39 is 0 Å². The minimum Gasteiger partial charge on any atom is -0.382 e. The summed E-state index contributed by atoms with van der Waals surface area (Å²) in [5, 5.41) is 3.60. The maximum absolute atomic E-state index is 10.8. The van der Waals surface area contributed by atoms with E-state index in [1.807, 2.05) is 24.3 Å². The van der Waals surface area contributed by atoms with Crippen molar-refractivity contribution in [2.24, 2.45) is 17.6 Å². The maximum Gasteiger partial charge on any atom is 0.221 e. The second-order valence-corrected chi connectivity index (χ2v) is 5.95. The van der Waals surface area contributed by atoms with E-state index >= 15 is 0 Å². The highest BCUT2D eigenvalue weighted by molar-refractivity contribution is 5.76. The first kappa shape index (κ1) is 13.9. The van der Waals surface area contributed by atoms with Crippen LogP contribution in [0.1, 0.15) is 38.7 Å². The van der Waals surface area contributed by atoms with Crippen molar-refractivity contribution in [1.82, 2.24) is 0 Å². The van der Waals surface area contributed by atoms with Gasteiger partial charge in [0.2, 0.25) is 5.91 Å². The van der Waals surface area contributed by atoms with Gasteiger partial charge in [0.25, 0.3) is 0 Å². The first-order chi connectivity index (χ1) is 9.04. The number of rotatable bonds is 4. The number of hydrogen-bond donors (Lipinski definition) is 2. The van der Waals surface area contributed by atoms with Crippen molar-refractivity contribution in [3.63, 3.8) is 0 Å². The van der Waals surface area contributed by atoms with Gasteiger partial charge in [-0.1, -0.05) is 26.0 Å². The molecular formula is C16H24N2O.